The number of halogens is 1. The summed E-state index contributed by atoms with van der Waals surface area (Å²) in [6.07, 6.45) is 0. The number of hydrogen-bond donors (Lipinski definition) is 1. The number of likely N-dealkylation sites (N-methyl/N-ethyl adjacent to an activating group) is 1. The van der Waals surface area contributed by atoms with Gasteiger partial charge in [0.05, 0.1) is 16.7 Å². The fourth-order valence-electron chi connectivity index (χ4n) is 1.47. The van der Waals surface area contributed by atoms with Gasteiger partial charge in [0.2, 0.25) is 10.0 Å². The Morgan fingerprint density at radius 1 is 1.45 bits per heavy atom. The first-order valence-electron chi connectivity index (χ1n) is 6.17. The molecule has 0 fully saturated rings. The minimum atomic E-state index is -3.70. The predicted molar refractivity (Wildman–Crippen MR) is 79.1 cm³/mol. The maximum Gasteiger partial charge on any atom is 0.242 e. The van der Waals surface area contributed by atoms with Gasteiger partial charge in [-0.1, -0.05) is 11.6 Å². The molecule has 0 bridgehead atoms. The lowest BCUT2D eigenvalue weighted by atomic mass is 10.2. The Kier molecular flexibility index (Phi) is 5.96. The first-order chi connectivity index (χ1) is 9.27. The summed E-state index contributed by atoms with van der Waals surface area (Å²) < 4.78 is 26.8. The van der Waals surface area contributed by atoms with Crippen LogP contribution in [-0.4, -0.2) is 39.5 Å². The van der Waals surface area contributed by atoms with Gasteiger partial charge in [-0.25, -0.2) is 13.1 Å². The van der Waals surface area contributed by atoms with Crippen molar-refractivity contribution in [2.45, 2.75) is 24.8 Å². The second-order valence-corrected chi connectivity index (χ2v) is 6.87. The Hall–Kier alpha value is -1.13. The van der Waals surface area contributed by atoms with E-state index in [-0.39, 0.29) is 22.0 Å². The summed E-state index contributed by atoms with van der Waals surface area (Å²) in [6, 6.07) is 6.40. The Labute approximate surface area is 125 Å². The highest BCUT2D eigenvalue weighted by Crippen LogP contribution is 2.22. The van der Waals surface area contributed by atoms with Crippen molar-refractivity contribution < 1.29 is 8.42 Å². The third-order valence-corrected chi connectivity index (χ3v) is 4.93. The van der Waals surface area contributed by atoms with Gasteiger partial charge in [0.15, 0.2) is 0 Å². The number of nitrogens with zero attached hydrogens (tertiary/aromatic N) is 2. The van der Waals surface area contributed by atoms with Gasteiger partial charge in [0.25, 0.3) is 0 Å². The number of nitrogens with one attached hydrogen (secondary N) is 1. The number of hydrogen-bond acceptors (Lipinski definition) is 4. The van der Waals surface area contributed by atoms with Crippen molar-refractivity contribution in [2.24, 2.45) is 0 Å². The Morgan fingerprint density at radius 3 is 2.65 bits per heavy atom. The minimum absolute atomic E-state index is 0.0644. The molecule has 20 heavy (non-hydrogen) atoms. The fraction of sp³-hybridized carbons (Fsp3) is 0.462. The van der Waals surface area contributed by atoms with Crippen molar-refractivity contribution in [2.75, 3.05) is 20.1 Å². The van der Waals surface area contributed by atoms with Gasteiger partial charge in [-0.2, -0.15) is 5.26 Å². The molecule has 0 atom stereocenters. The molecule has 1 aromatic rings. The summed E-state index contributed by atoms with van der Waals surface area (Å²) in [5, 5.41) is 8.92. The number of benzene rings is 1. The molecule has 0 radical (unpaired) electrons. The van der Waals surface area contributed by atoms with Crippen LogP contribution in [0.1, 0.15) is 19.4 Å². The van der Waals surface area contributed by atoms with Crippen molar-refractivity contribution in [3.63, 3.8) is 0 Å². The molecule has 0 aliphatic carbocycles. The van der Waals surface area contributed by atoms with E-state index in [1.165, 1.54) is 18.2 Å². The summed E-state index contributed by atoms with van der Waals surface area (Å²) in [4.78, 5) is 1.96. The van der Waals surface area contributed by atoms with E-state index < -0.39 is 10.0 Å². The summed E-state index contributed by atoms with van der Waals surface area (Å²) in [5.74, 6) is 0. The smallest absolute Gasteiger partial charge is 0.242 e. The van der Waals surface area contributed by atoms with E-state index in [0.717, 1.165) is 0 Å². The second-order valence-electron chi connectivity index (χ2n) is 4.73. The largest absolute Gasteiger partial charge is 0.303 e. The van der Waals surface area contributed by atoms with E-state index in [1.807, 2.05) is 31.9 Å². The van der Waals surface area contributed by atoms with Crippen LogP contribution in [-0.2, 0) is 10.0 Å². The zero-order valence-corrected chi connectivity index (χ0v) is 13.3. The molecule has 0 spiro atoms. The molecule has 7 heteroatoms. The van der Waals surface area contributed by atoms with Gasteiger partial charge >= 0.3 is 0 Å². The topological polar surface area (TPSA) is 73.2 Å². The molecule has 1 rings (SSSR count). The molecular weight excluding hydrogens is 298 g/mol. The normalized spacial score (nSPS) is 11.8. The van der Waals surface area contributed by atoms with Gasteiger partial charge in [-0.05, 0) is 39.1 Å². The van der Waals surface area contributed by atoms with Crippen LogP contribution in [0, 0.1) is 11.3 Å². The zero-order valence-electron chi connectivity index (χ0n) is 11.7. The average Bonchev–Trinajstić information content (AvgIpc) is 2.38. The lowest BCUT2D eigenvalue weighted by Gasteiger charge is -2.21. The molecule has 0 saturated carbocycles. The van der Waals surface area contributed by atoms with Crippen molar-refractivity contribution >= 4 is 21.6 Å². The molecular formula is C13H18ClN3O2S. The highest BCUT2D eigenvalue weighted by Gasteiger charge is 2.18. The second kappa shape index (κ2) is 7.04. The highest BCUT2D eigenvalue weighted by atomic mass is 35.5. The van der Waals surface area contributed by atoms with Crippen LogP contribution in [0.25, 0.3) is 0 Å². The van der Waals surface area contributed by atoms with E-state index in [9.17, 15) is 8.42 Å². The van der Waals surface area contributed by atoms with Crippen LogP contribution in [0.2, 0.25) is 5.02 Å². The molecule has 1 N–H and O–H groups in total. The van der Waals surface area contributed by atoms with Crippen LogP contribution in [0.15, 0.2) is 23.1 Å². The van der Waals surface area contributed by atoms with Crippen molar-refractivity contribution in [3.8, 4) is 6.07 Å². The number of sulfonamides is 1. The molecule has 0 aliphatic rings. The molecule has 0 saturated heterocycles. The maximum absolute atomic E-state index is 12.1. The molecule has 0 heterocycles. The summed E-state index contributed by atoms with van der Waals surface area (Å²) in [7, 11) is -1.79. The maximum atomic E-state index is 12.1. The third-order valence-electron chi connectivity index (χ3n) is 2.99. The van der Waals surface area contributed by atoms with Gasteiger partial charge in [-0.3, -0.25) is 0 Å². The van der Waals surface area contributed by atoms with Gasteiger partial charge < -0.3 is 4.90 Å². The first-order valence-corrected chi connectivity index (χ1v) is 8.03. The Morgan fingerprint density at radius 2 is 2.10 bits per heavy atom. The summed E-state index contributed by atoms with van der Waals surface area (Å²) >= 11 is 5.89. The SMILES string of the molecule is CC(C)N(C)CCNS(=O)(=O)c1cc(C#N)ccc1Cl. The van der Waals surface area contributed by atoms with E-state index in [1.54, 1.807) is 0 Å². The van der Waals surface area contributed by atoms with E-state index in [2.05, 4.69) is 4.72 Å². The third kappa shape index (κ3) is 4.46. The average molecular weight is 316 g/mol. The molecule has 0 amide bonds. The minimum Gasteiger partial charge on any atom is -0.303 e. The standard InChI is InChI=1S/C13H18ClN3O2S/c1-10(2)17(3)7-6-16-20(18,19)13-8-11(9-15)4-5-12(13)14/h4-5,8,10,16H,6-7H2,1-3H3. The van der Waals surface area contributed by atoms with Gasteiger partial charge in [0, 0.05) is 19.1 Å². The van der Waals surface area contributed by atoms with Crippen molar-refractivity contribution in [3.05, 3.63) is 28.8 Å². The molecule has 1 aromatic carbocycles. The Balaban J connectivity index is 2.82. The fourth-order valence-corrected chi connectivity index (χ4v) is 3.02. The monoisotopic (exact) mass is 315 g/mol. The molecule has 0 aromatic heterocycles. The van der Waals surface area contributed by atoms with E-state index in [0.29, 0.717) is 12.6 Å². The summed E-state index contributed by atoms with van der Waals surface area (Å²) in [5.41, 5.74) is 0.258. The van der Waals surface area contributed by atoms with Crippen LogP contribution < -0.4 is 4.72 Å². The highest BCUT2D eigenvalue weighted by molar-refractivity contribution is 7.89. The van der Waals surface area contributed by atoms with Crippen LogP contribution in [0.3, 0.4) is 0 Å². The number of nitriles is 1. The molecule has 110 valence electrons. The molecule has 0 unspecified atom stereocenters. The predicted octanol–water partition coefficient (Wildman–Crippen LogP) is 1.83. The van der Waals surface area contributed by atoms with Crippen LogP contribution >= 0.6 is 11.6 Å². The van der Waals surface area contributed by atoms with E-state index in [4.69, 9.17) is 16.9 Å². The van der Waals surface area contributed by atoms with Gasteiger partial charge in [0.1, 0.15) is 4.90 Å². The summed E-state index contributed by atoms with van der Waals surface area (Å²) in [6.45, 7) is 4.93. The lowest BCUT2D eigenvalue weighted by Crippen LogP contribution is -2.36. The van der Waals surface area contributed by atoms with Crippen molar-refractivity contribution in [1.29, 1.82) is 5.26 Å². The Bertz CT molecular complexity index is 609. The number of rotatable bonds is 6. The lowest BCUT2D eigenvalue weighted by molar-refractivity contribution is 0.278. The van der Waals surface area contributed by atoms with Crippen LogP contribution in [0.5, 0.6) is 0 Å². The first kappa shape index (κ1) is 16.9. The van der Waals surface area contributed by atoms with Gasteiger partial charge in [-0.15, -0.1) is 0 Å². The molecule has 0 aliphatic heterocycles. The van der Waals surface area contributed by atoms with Crippen molar-refractivity contribution in [1.82, 2.24) is 9.62 Å². The van der Waals surface area contributed by atoms with Crippen LogP contribution in [0.4, 0.5) is 0 Å². The van der Waals surface area contributed by atoms with E-state index >= 15 is 0 Å². The zero-order chi connectivity index (χ0) is 15.3. The quantitative estimate of drug-likeness (QED) is 0.869. The molecule has 5 nitrogen and oxygen atoms in total.